The van der Waals surface area contributed by atoms with Crippen molar-refractivity contribution in [1.29, 1.82) is 0 Å². The molecule has 1 heterocycles. The highest BCUT2D eigenvalue weighted by molar-refractivity contribution is 5.82. The lowest BCUT2D eigenvalue weighted by molar-refractivity contribution is -0.132. The molecule has 0 atom stereocenters. The third kappa shape index (κ3) is 3.57. The maximum atomic E-state index is 12.8. The highest BCUT2D eigenvalue weighted by Crippen LogP contribution is 2.32. The minimum atomic E-state index is -0.225. The molecule has 1 aromatic carbocycles. The van der Waals surface area contributed by atoms with Crippen molar-refractivity contribution < 1.29 is 9.18 Å². The van der Waals surface area contributed by atoms with E-state index < -0.39 is 0 Å². The molecule has 1 aromatic rings. The Morgan fingerprint density at radius 1 is 1.30 bits per heavy atom. The summed E-state index contributed by atoms with van der Waals surface area (Å²) in [6.07, 6.45) is 3.44. The zero-order valence-electron chi connectivity index (χ0n) is 12.0. The molecule has 0 radical (unpaired) electrons. The lowest BCUT2D eigenvalue weighted by atomic mass is 9.76. The SMILES string of the molecule is CCC1(C(=O)NCCc2ccc(F)cc2)CCNCC1. The number of benzene rings is 1. The van der Waals surface area contributed by atoms with Gasteiger partial charge in [-0.3, -0.25) is 4.79 Å². The van der Waals surface area contributed by atoms with Crippen LogP contribution in [0.2, 0.25) is 0 Å². The Labute approximate surface area is 120 Å². The van der Waals surface area contributed by atoms with Crippen LogP contribution in [-0.2, 0) is 11.2 Å². The first-order chi connectivity index (χ1) is 9.66. The molecule has 2 N–H and O–H groups in total. The van der Waals surface area contributed by atoms with Crippen LogP contribution in [0.3, 0.4) is 0 Å². The monoisotopic (exact) mass is 278 g/mol. The quantitative estimate of drug-likeness (QED) is 0.867. The molecule has 110 valence electrons. The predicted molar refractivity (Wildman–Crippen MR) is 77.9 cm³/mol. The Morgan fingerprint density at radius 3 is 2.55 bits per heavy atom. The second-order valence-corrected chi connectivity index (χ2v) is 5.52. The van der Waals surface area contributed by atoms with E-state index in [1.807, 2.05) is 0 Å². The molecule has 1 amide bonds. The molecular formula is C16H23FN2O. The molecule has 0 spiro atoms. The summed E-state index contributed by atoms with van der Waals surface area (Å²) in [5, 5.41) is 6.35. The summed E-state index contributed by atoms with van der Waals surface area (Å²) in [6, 6.07) is 6.44. The summed E-state index contributed by atoms with van der Waals surface area (Å²) in [4.78, 5) is 12.4. The van der Waals surface area contributed by atoms with Crippen LogP contribution in [0.4, 0.5) is 4.39 Å². The van der Waals surface area contributed by atoms with E-state index in [0.717, 1.165) is 44.3 Å². The Bertz CT molecular complexity index is 438. The van der Waals surface area contributed by atoms with Gasteiger partial charge in [-0.15, -0.1) is 0 Å². The number of piperidine rings is 1. The lowest BCUT2D eigenvalue weighted by Gasteiger charge is -2.35. The summed E-state index contributed by atoms with van der Waals surface area (Å²) in [6.45, 7) is 4.53. The van der Waals surface area contributed by atoms with Crippen molar-refractivity contribution in [2.45, 2.75) is 32.6 Å². The molecule has 4 heteroatoms. The lowest BCUT2D eigenvalue weighted by Crippen LogP contribution is -2.47. The third-order valence-electron chi connectivity index (χ3n) is 4.33. The largest absolute Gasteiger partial charge is 0.355 e. The van der Waals surface area contributed by atoms with E-state index in [4.69, 9.17) is 0 Å². The molecule has 3 nitrogen and oxygen atoms in total. The first-order valence-electron chi connectivity index (χ1n) is 7.40. The van der Waals surface area contributed by atoms with Gasteiger partial charge in [0.1, 0.15) is 5.82 Å². The van der Waals surface area contributed by atoms with Gasteiger partial charge in [-0.2, -0.15) is 0 Å². The van der Waals surface area contributed by atoms with Crippen molar-refractivity contribution in [3.8, 4) is 0 Å². The van der Waals surface area contributed by atoms with Crippen LogP contribution in [0.5, 0.6) is 0 Å². The second-order valence-electron chi connectivity index (χ2n) is 5.52. The fraction of sp³-hybridized carbons (Fsp3) is 0.562. The molecule has 20 heavy (non-hydrogen) atoms. The van der Waals surface area contributed by atoms with E-state index in [-0.39, 0.29) is 17.1 Å². The van der Waals surface area contributed by atoms with Crippen LogP contribution >= 0.6 is 0 Å². The Hall–Kier alpha value is -1.42. The van der Waals surface area contributed by atoms with Crippen LogP contribution < -0.4 is 10.6 Å². The van der Waals surface area contributed by atoms with E-state index in [2.05, 4.69) is 17.6 Å². The predicted octanol–water partition coefficient (Wildman–Crippen LogP) is 2.26. The number of rotatable bonds is 5. The van der Waals surface area contributed by atoms with Crippen molar-refractivity contribution in [1.82, 2.24) is 10.6 Å². The summed E-state index contributed by atoms with van der Waals surface area (Å²) in [7, 11) is 0. The molecule has 1 aliphatic heterocycles. The molecule has 0 aliphatic carbocycles. The number of hydrogen-bond donors (Lipinski definition) is 2. The fourth-order valence-electron chi connectivity index (χ4n) is 2.81. The molecule has 0 saturated carbocycles. The summed E-state index contributed by atoms with van der Waals surface area (Å²) < 4.78 is 12.8. The van der Waals surface area contributed by atoms with E-state index in [1.54, 1.807) is 12.1 Å². The van der Waals surface area contributed by atoms with Crippen molar-refractivity contribution in [3.05, 3.63) is 35.6 Å². The van der Waals surface area contributed by atoms with Gasteiger partial charge in [0.25, 0.3) is 0 Å². The molecular weight excluding hydrogens is 255 g/mol. The standard InChI is InChI=1S/C16H23FN2O/c1-2-16(8-11-18-12-9-16)15(20)19-10-7-13-3-5-14(17)6-4-13/h3-6,18H,2,7-12H2,1H3,(H,19,20). The third-order valence-corrected chi connectivity index (χ3v) is 4.33. The number of carbonyl (C=O) groups excluding carboxylic acids is 1. The van der Waals surface area contributed by atoms with Crippen LogP contribution in [0.15, 0.2) is 24.3 Å². The fourth-order valence-corrected chi connectivity index (χ4v) is 2.81. The van der Waals surface area contributed by atoms with E-state index in [0.29, 0.717) is 6.54 Å². The smallest absolute Gasteiger partial charge is 0.226 e. The first-order valence-corrected chi connectivity index (χ1v) is 7.40. The Balaban J connectivity index is 1.83. The molecule has 1 fully saturated rings. The first kappa shape index (κ1) is 15.0. The minimum absolute atomic E-state index is 0.170. The molecule has 0 aromatic heterocycles. The maximum Gasteiger partial charge on any atom is 0.226 e. The van der Waals surface area contributed by atoms with Crippen LogP contribution in [0.1, 0.15) is 31.7 Å². The van der Waals surface area contributed by atoms with Gasteiger partial charge in [0, 0.05) is 6.54 Å². The number of amides is 1. The normalized spacial score (nSPS) is 17.7. The highest BCUT2D eigenvalue weighted by Gasteiger charge is 2.37. The maximum absolute atomic E-state index is 12.8. The van der Waals surface area contributed by atoms with E-state index >= 15 is 0 Å². The van der Waals surface area contributed by atoms with Crippen LogP contribution in [-0.4, -0.2) is 25.5 Å². The van der Waals surface area contributed by atoms with Gasteiger partial charge in [-0.25, -0.2) is 4.39 Å². The second kappa shape index (κ2) is 6.84. The van der Waals surface area contributed by atoms with Gasteiger partial charge in [-0.1, -0.05) is 19.1 Å². The van der Waals surface area contributed by atoms with Gasteiger partial charge < -0.3 is 10.6 Å². The van der Waals surface area contributed by atoms with Crippen molar-refractivity contribution in [2.75, 3.05) is 19.6 Å². The van der Waals surface area contributed by atoms with Gasteiger partial charge in [-0.05, 0) is 56.5 Å². The molecule has 1 saturated heterocycles. The zero-order chi connectivity index (χ0) is 14.4. The number of halogens is 1. The van der Waals surface area contributed by atoms with Crippen LogP contribution in [0.25, 0.3) is 0 Å². The molecule has 1 aliphatic rings. The molecule has 0 unspecified atom stereocenters. The van der Waals surface area contributed by atoms with Gasteiger partial charge >= 0.3 is 0 Å². The zero-order valence-corrected chi connectivity index (χ0v) is 12.0. The Kier molecular flexibility index (Phi) is 5.12. The number of hydrogen-bond acceptors (Lipinski definition) is 2. The minimum Gasteiger partial charge on any atom is -0.355 e. The number of nitrogens with one attached hydrogen (secondary N) is 2. The van der Waals surface area contributed by atoms with Gasteiger partial charge in [0.15, 0.2) is 0 Å². The van der Waals surface area contributed by atoms with Crippen LogP contribution in [0, 0.1) is 11.2 Å². The average molecular weight is 278 g/mol. The number of carbonyl (C=O) groups is 1. The molecule has 2 rings (SSSR count). The van der Waals surface area contributed by atoms with Crippen molar-refractivity contribution in [2.24, 2.45) is 5.41 Å². The van der Waals surface area contributed by atoms with Gasteiger partial charge in [0.05, 0.1) is 5.41 Å². The molecule has 0 bridgehead atoms. The summed E-state index contributed by atoms with van der Waals surface area (Å²) >= 11 is 0. The average Bonchev–Trinajstić information content (AvgIpc) is 2.50. The van der Waals surface area contributed by atoms with Crippen molar-refractivity contribution >= 4 is 5.91 Å². The highest BCUT2D eigenvalue weighted by atomic mass is 19.1. The topological polar surface area (TPSA) is 41.1 Å². The Morgan fingerprint density at radius 2 is 1.95 bits per heavy atom. The van der Waals surface area contributed by atoms with E-state index in [9.17, 15) is 9.18 Å². The summed E-state index contributed by atoms with van der Waals surface area (Å²) in [5.74, 6) is -0.0546. The van der Waals surface area contributed by atoms with Crippen molar-refractivity contribution in [3.63, 3.8) is 0 Å². The summed E-state index contributed by atoms with van der Waals surface area (Å²) in [5.41, 5.74) is 0.844. The van der Waals surface area contributed by atoms with Gasteiger partial charge in [0.2, 0.25) is 5.91 Å². The van der Waals surface area contributed by atoms with E-state index in [1.165, 1.54) is 12.1 Å².